The van der Waals surface area contributed by atoms with Crippen LogP contribution in [-0.4, -0.2) is 20.1 Å². The standard InChI is InChI=1S/C9H13Cl2N3/c1-14(3-2-12)6-4-7(10)9(13)8(11)5-6/h4-5H,2-3,12-13H2,1H3. The molecule has 0 fully saturated rings. The van der Waals surface area contributed by atoms with Crippen LogP contribution in [0.4, 0.5) is 11.4 Å². The predicted octanol–water partition coefficient (Wildman–Crippen LogP) is 1.97. The van der Waals surface area contributed by atoms with Crippen molar-refractivity contribution in [1.82, 2.24) is 0 Å². The van der Waals surface area contributed by atoms with Crippen molar-refractivity contribution in [2.45, 2.75) is 0 Å². The SMILES string of the molecule is CN(CCN)c1cc(Cl)c(N)c(Cl)c1. The van der Waals surface area contributed by atoms with Crippen LogP contribution in [0.1, 0.15) is 0 Å². The largest absolute Gasteiger partial charge is 0.396 e. The van der Waals surface area contributed by atoms with E-state index in [0.717, 1.165) is 12.2 Å². The van der Waals surface area contributed by atoms with E-state index in [9.17, 15) is 0 Å². The van der Waals surface area contributed by atoms with Gasteiger partial charge >= 0.3 is 0 Å². The Morgan fingerprint density at radius 1 is 1.29 bits per heavy atom. The number of rotatable bonds is 3. The van der Waals surface area contributed by atoms with Gasteiger partial charge in [0.25, 0.3) is 0 Å². The van der Waals surface area contributed by atoms with Gasteiger partial charge in [0.2, 0.25) is 0 Å². The molecule has 3 nitrogen and oxygen atoms in total. The van der Waals surface area contributed by atoms with Gasteiger partial charge in [0, 0.05) is 25.8 Å². The summed E-state index contributed by atoms with van der Waals surface area (Å²) in [6.07, 6.45) is 0. The second-order valence-electron chi connectivity index (χ2n) is 3.03. The highest BCUT2D eigenvalue weighted by Gasteiger charge is 2.07. The maximum absolute atomic E-state index is 5.90. The molecule has 0 amide bonds. The maximum atomic E-state index is 5.90. The van der Waals surface area contributed by atoms with Crippen molar-refractivity contribution >= 4 is 34.6 Å². The molecule has 0 saturated heterocycles. The fraction of sp³-hybridized carbons (Fsp3) is 0.333. The van der Waals surface area contributed by atoms with E-state index in [2.05, 4.69) is 0 Å². The third kappa shape index (κ3) is 2.44. The minimum Gasteiger partial charge on any atom is -0.396 e. The first-order chi connectivity index (χ1) is 6.56. The van der Waals surface area contributed by atoms with E-state index in [1.807, 2.05) is 11.9 Å². The lowest BCUT2D eigenvalue weighted by Gasteiger charge is -2.19. The Hall–Kier alpha value is -0.640. The molecule has 1 aromatic rings. The number of likely N-dealkylation sites (N-methyl/N-ethyl adjacent to an activating group) is 1. The molecule has 0 atom stereocenters. The predicted molar refractivity (Wildman–Crippen MR) is 63.2 cm³/mol. The Morgan fingerprint density at radius 3 is 2.21 bits per heavy atom. The summed E-state index contributed by atoms with van der Waals surface area (Å²) >= 11 is 11.8. The van der Waals surface area contributed by atoms with E-state index < -0.39 is 0 Å². The van der Waals surface area contributed by atoms with Crippen LogP contribution in [0.5, 0.6) is 0 Å². The van der Waals surface area contributed by atoms with E-state index in [0.29, 0.717) is 22.3 Å². The Kier molecular flexibility index (Phi) is 3.86. The fourth-order valence-corrected chi connectivity index (χ4v) is 1.59. The molecule has 14 heavy (non-hydrogen) atoms. The van der Waals surface area contributed by atoms with E-state index in [-0.39, 0.29) is 0 Å². The van der Waals surface area contributed by atoms with Crippen LogP contribution in [0.2, 0.25) is 10.0 Å². The first-order valence-corrected chi connectivity index (χ1v) is 4.97. The summed E-state index contributed by atoms with van der Waals surface area (Å²) in [6, 6.07) is 3.55. The lowest BCUT2D eigenvalue weighted by molar-refractivity contribution is 0.886. The van der Waals surface area contributed by atoms with Gasteiger partial charge in [-0.25, -0.2) is 0 Å². The van der Waals surface area contributed by atoms with Gasteiger partial charge in [-0.3, -0.25) is 0 Å². The Bertz CT molecular complexity index is 305. The second-order valence-corrected chi connectivity index (χ2v) is 3.85. The monoisotopic (exact) mass is 233 g/mol. The van der Waals surface area contributed by atoms with Crippen molar-refractivity contribution in [2.75, 3.05) is 30.8 Å². The number of nitrogens with two attached hydrogens (primary N) is 2. The third-order valence-corrected chi connectivity index (χ3v) is 2.59. The molecule has 0 aromatic heterocycles. The number of benzene rings is 1. The molecule has 0 aliphatic heterocycles. The van der Waals surface area contributed by atoms with Gasteiger partial charge in [-0.05, 0) is 12.1 Å². The van der Waals surface area contributed by atoms with Crippen LogP contribution in [0, 0.1) is 0 Å². The summed E-state index contributed by atoms with van der Waals surface area (Å²) in [4.78, 5) is 1.97. The summed E-state index contributed by atoms with van der Waals surface area (Å²) < 4.78 is 0. The summed E-state index contributed by atoms with van der Waals surface area (Å²) in [5.74, 6) is 0. The Balaban J connectivity index is 3.00. The van der Waals surface area contributed by atoms with Gasteiger partial charge in [0.15, 0.2) is 0 Å². The zero-order valence-electron chi connectivity index (χ0n) is 7.93. The lowest BCUT2D eigenvalue weighted by Crippen LogP contribution is -2.24. The normalized spacial score (nSPS) is 10.3. The topological polar surface area (TPSA) is 55.3 Å². The summed E-state index contributed by atoms with van der Waals surface area (Å²) in [5.41, 5.74) is 12.4. The second kappa shape index (κ2) is 4.73. The number of anilines is 2. The molecule has 0 aliphatic carbocycles. The molecule has 0 radical (unpaired) electrons. The first-order valence-electron chi connectivity index (χ1n) is 4.22. The van der Waals surface area contributed by atoms with Gasteiger partial charge in [0.05, 0.1) is 15.7 Å². The van der Waals surface area contributed by atoms with Gasteiger partial charge in [-0.15, -0.1) is 0 Å². The number of nitrogens with zero attached hydrogens (tertiary/aromatic N) is 1. The van der Waals surface area contributed by atoms with E-state index in [1.54, 1.807) is 12.1 Å². The van der Waals surface area contributed by atoms with Gasteiger partial charge in [0.1, 0.15) is 0 Å². The molecule has 0 bridgehead atoms. The number of halogens is 2. The number of hydrogen-bond acceptors (Lipinski definition) is 3. The minimum absolute atomic E-state index is 0.415. The van der Waals surface area contributed by atoms with Crippen LogP contribution in [0.3, 0.4) is 0 Å². The highest BCUT2D eigenvalue weighted by molar-refractivity contribution is 6.39. The van der Waals surface area contributed by atoms with Crippen LogP contribution < -0.4 is 16.4 Å². The van der Waals surface area contributed by atoms with Crippen LogP contribution in [-0.2, 0) is 0 Å². The minimum atomic E-state index is 0.415. The number of hydrogen-bond donors (Lipinski definition) is 2. The molecule has 0 aliphatic rings. The average Bonchev–Trinajstić information content (AvgIpc) is 2.13. The van der Waals surface area contributed by atoms with Crippen molar-refractivity contribution in [1.29, 1.82) is 0 Å². The highest BCUT2D eigenvalue weighted by Crippen LogP contribution is 2.32. The van der Waals surface area contributed by atoms with Crippen molar-refractivity contribution in [2.24, 2.45) is 5.73 Å². The van der Waals surface area contributed by atoms with E-state index in [4.69, 9.17) is 34.7 Å². The first kappa shape index (κ1) is 11.4. The molecule has 0 saturated carbocycles. The summed E-state index contributed by atoms with van der Waals surface area (Å²) in [7, 11) is 1.92. The molecule has 0 heterocycles. The molecule has 0 unspecified atom stereocenters. The van der Waals surface area contributed by atoms with Gasteiger partial charge in [-0.2, -0.15) is 0 Å². The zero-order chi connectivity index (χ0) is 10.7. The molecule has 1 rings (SSSR count). The van der Waals surface area contributed by atoms with Crippen LogP contribution >= 0.6 is 23.2 Å². The quantitative estimate of drug-likeness (QED) is 0.786. The van der Waals surface area contributed by atoms with Crippen LogP contribution in [0.15, 0.2) is 12.1 Å². The molecular weight excluding hydrogens is 221 g/mol. The molecule has 4 N–H and O–H groups in total. The van der Waals surface area contributed by atoms with E-state index >= 15 is 0 Å². The maximum Gasteiger partial charge on any atom is 0.0694 e. The smallest absolute Gasteiger partial charge is 0.0694 e. The zero-order valence-corrected chi connectivity index (χ0v) is 9.44. The van der Waals surface area contributed by atoms with Crippen molar-refractivity contribution in [3.8, 4) is 0 Å². The van der Waals surface area contributed by atoms with E-state index in [1.165, 1.54) is 0 Å². The van der Waals surface area contributed by atoms with Gasteiger partial charge in [-0.1, -0.05) is 23.2 Å². The molecule has 5 heteroatoms. The van der Waals surface area contributed by atoms with Crippen LogP contribution in [0.25, 0.3) is 0 Å². The van der Waals surface area contributed by atoms with Gasteiger partial charge < -0.3 is 16.4 Å². The molecular formula is C9H13Cl2N3. The Morgan fingerprint density at radius 2 is 1.79 bits per heavy atom. The van der Waals surface area contributed by atoms with Crippen molar-refractivity contribution < 1.29 is 0 Å². The third-order valence-electron chi connectivity index (χ3n) is 1.97. The van der Waals surface area contributed by atoms with Crippen molar-refractivity contribution in [3.63, 3.8) is 0 Å². The number of nitrogen functional groups attached to an aromatic ring is 1. The molecule has 0 spiro atoms. The summed E-state index contributed by atoms with van der Waals surface area (Å²) in [5, 5.41) is 0.938. The van der Waals surface area contributed by atoms with Crippen molar-refractivity contribution in [3.05, 3.63) is 22.2 Å². The Labute approximate surface area is 93.6 Å². The highest BCUT2D eigenvalue weighted by atomic mass is 35.5. The molecule has 1 aromatic carbocycles. The average molecular weight is 234 g/mol. The summed E-state index contributed by atoms with van der Waals surface area (Å²) in [6.45, 7) is 1.33. The molecule has 78 valence electrons. The fourth-order valence-electron chi connectivity index (χ4n) is 1.11. The lowest BCUT2D eigenvalue weighted by atomic mass is 10.2.